The smallest absolute Gasteiger partial charge is 0.232 e. The molecular weight excluding hydrogens is 342 g/mol. The quantitative estimate of drug-likeness (QED) is 0.868. The zero-order valence-corrected chi connectivity index (χ0v) is 15.8. The summed E-state index contributed by atoms with van der Waals surface area (Å²) in [5, 5.41) is 14.3. The number of hydrogen-bond donors (Lipinski definition) is 2. The Morgan fingerprint density at radius 3 is 2.96 bits per heavy atom. The molecule has 7 heteroatoms. The Kier molecular flexibility index (Phi) is 4.68. The second kappa shape index (κ2) is 7.13. The van der Waals surface area contributed by atoms with Gasteiger partial charge in [0.2, 0.25) is 11.8 Å². The van der Waals surface area contributed by atoms with Gasteiger partial charge in [0.25, 0.3) is 0 Å². The van der Waals surface area contributed by atoms with Crippen LogP contribution >= 0.6 is 0 Å². The number of nitrogens with one attached hydrogen (secondary N) is 2. The number of hydrogen-bond acceptors (Lipinski definition) is 4. The lowest BCUT2D eigenvalue weighted by Gasteiger charge is -2.12. The molecule has 0 unspecified atom stereocenters. The van der Waals surface area contributed by atoms with Crippen LogP contribution in [0.1, 0.15) is 59.9 Å². The van der Waals surface area contributed by atoms with Crippen molar-refractivity contribution >= 4 is 17.5 Å². The zero-order chi connectivity index (χ0) is 19.0. The summed E-state index contributed by atoms with van der Waals surface area (Å²) in [6.07, 6.45) is 4.54. The van der Waals surface area contributed by atoms with E-state index in [1.807, 2.05) is 19.9 Å². The van der Waals surface area contributed by atoms with Crippen LogP contribution in [0.25, 0.3) is 0 Å². The maximum absolute atomic E-state index is 12.5. The highest BCUT2D eigenvalue weighted by atomic mass is 16.2. The second-order valence-electron chi connectivity index (χ2n) is 7.56. The highest BCUT2D eigenvalue weighted by molar-refractivity contribution is 6.05. The minimum atomic E-state index is -0.434. The van der Waals surface area contributed by atoms with Gasteiger partial charge >= 0.3 is 0 Å². The van der Waals surface area contributed by atoms with Crippen LogP contribution < -0.4 is 10.6 Å². The summed E-state index contributed by atoms with van der Waals surface area (Å²) in [6, 6.07) is 4.01. The maximum Gasteiger partial charge on any atom is 0.232 e. The van der Waals surface area contributed by atoms with E-state index in [0.29, 0.717) is 6.54 Å². The Labute approximate surface area is 158 Å². The molecule has 0 bridgehead atoms. The van der Waals surface area contributed by atoms with E-state index >= 15 is 0 Å². The SMILES string of the molecule is Cc1cc(C)c2c(c1)NC(=O)[C@H]2CC(=O)NCc1nnc2n1CCCCC2. The van der Waals surface area contributed by atoms with Crippen molar-refractivity contribution in [2.45, 2.75) is 65.0 Å². The third kappa shape index (κ3) is 3.46. The highest BCUT2D eigenvalue weighted by Gasteiger charge is 2.33. The molecule has 2 aromatic rings. The van der Waals surface area contributed by atoms with Crippen molar-refractivity contribution in [3.05, 3.63) is 40.5 Å². The lowest BCUT2D eigenvalue weighted by molar-refractivity contribution is -0.125. The van der Waals surface area contributed by atoms with Gasteiger partial charge in [-0.1, -0.05) is 12.5 Å². The van der Waals surface area contributed by atoms with Crippen molar-refractivity contribution in [1.29, 1.82) is 0 Å². The molecule has 2 amide bonds. The number of rotatable bonds is 4. The summed E-state index contributed by atoms with van der Waals surface area (Å²) < 4.78 is 2.12. The summed E-state index contributed by atoms with van der Waals surface area (Å²) in [6.45, 7) is 5.24. The number of nitrogens with zero attached hydrogens (tertiary/aromatic N) is 3. The molecule has 1 aromatic carbocycles. The molecule has 0 fully saturated rings. The van der Waals surface area contributed by atoms with Gasteiger partial charge < -0.3 is 15.2 Å². The molecule has 0 aliphatic carbocycles. The number of anilines is 1. The summed E-state index contributed by atoms with van der Waals surface area (Å²) in [4.78, 5) is 24.9. The molecule has 0 radical (unpaired) electrons. The Morgan fingerprint density at radius 2 is 2.11 bits per heavy atom. The third-order valence-corrected chi connectivity index (χ3v) is 5.47. The van der Waals surface area contributed by atoms with E-state index in [0.717, 1.165) is 59.8 Å². The van der Waals surface area contributed by atoms with Crippen LogP contribution in [0.15, 0.2) is 12.1 Å². The monoisotopic (exact) mass is 367 g/mol. The summed E-state index contributed by atoms with van der Waals surface area (Å²) in [7, 11) is 0. The van der Waals surface area contributed by atoms with E-state index in [4.69, 9.17) is 0 Å². The molecule has 2 N–H and O–H groups in total. The van der Waals surface area contributed by atoms with Gasteiger partial charge in [0, 0.05) is 25.1 Å². The predicted octanol–water partition coefficient (Wildman–Crippen LogP) is 2.36. The largest absolute Gasteiger partial charge is 0.349 e. The fourth-order valence-electron chi connectivity index (χ4n) is 4.20. The average molecular weight is 367 g/mol. The molecule has 0 saturated carbocycles. The summed E-state index contributed by atoms with van der Waals surface area (Å²) >= 11 is 0. The molecule has 4 rings (SSSR count). The van der Waals surface area contributed by atoms with Crippen molar-refractivity contribution in [2.75, 3.05) is 5.32 Å². The van der Waals surface area contributed by atoms with Gasteiger partial charge in [0.15, 0.2) is 5.82 Å². The van der Waals surface area contributed by atoms with Crippen molar-refractivity contribution < 1.29 is 9.59 Å². The van der Waals surface area contributed by atoms with Gasteiger partial charge in [-0.25, -0.2) is 0 Å². The Hall–Kier alpha value is -2.70. The number of fused-ring (bicyclic) bond motifs is 2. The number of aromatic nitrogens is 3. The zero-order valence-electron chi connectivity index (χ0n) is 15.8. The first-order valence-corrected chi connectivity index (χ1v) is 9.62. The van der Waals surface area contributed by atoms with Crippen LogP contribution in [-0.4, -0.2) is 26.6 Å². The standard InChI is InChI=1S/C20H25N5O2/c1-12-8-13(2)19-14(20(27)22-15(19)9-12)10-18(26)21-11-17-24-23-16-6-4-3-5-7-25(16)17/h8-9,14H,3-7,10-11H2,1-2H3,(H,21,26)(H,22,27)/t14-/m0/s1. The fraction of sp³-hybridized carbons (Fsp3) is 0.500. The van der Waals surface area contributed by atoms with E-state index in [1.165, 1.54) is 6.42 Å². The first kappa shape index (κ1) is 17.7. The number of carbonyl (C=O) groups excluding carboxylic acids is 2. The van der Waals surface area contributed by atoms with Crippen LogP contribution in [0, 0.1) is 13.8 Å². The molecule has 0 saturated heterocycles. The van der Waals surface area contributed by atoms with Crippen LogP contribution in [-0.2, 0) is 29.1 Å². The van der Waals surface area contributed by atoms with Crippen molar-refractivity contribution in [2.24, 2.45) is 0 Å². The van der Waals surface area contributed by atoms with Crippen LogP contribution in [0.5, 0.6) is 0 Å². The topological polar surface area (TPSA) is 88.9 Å². The van der Waals surface area contributed by atoms with Crippen LogP contribution in [0.2, 0.25) is 0 Å². The number of amides is 2. The first-order chi connectivity index (χ1) is 13.0. The van der Waals surface area contributed by atoms with Crippen LogP contribution in [0.4, 0.5) is 5.69 Å². The molecule has 142 valence electrons. The maximum atomic E-state index is 12.5. The van der Waals surface area contributed by atoms with E-state index in [2.05, 4.69) is 31.5 Å². The van der Waals surface area contributed by atoms with E-state index in [-0.39, 0.29) is 18.2 Å². The molecule has 2 aliphatic heterocycles. The van der Waals surface area contributed by atoms with Gasteiger partial charge in [-0.05, 0) is 49.4 Å². The molecule has 1 atom stereocenters. The Balaban J connectivity index is 1.43. The summed E-state index contributed by atoms with van der Waals surface area (Å²) in [5.74, 6) is 1.12. The van der Waals surface area contributed by atoms with Crippen LogP contribution in [0.3, 0.4) is 0 Å². The Bertz CT molecular complexity index is 902. The molecule has 3 heterocycles. The number of carbonyl (C=O) groups is 2. The van der Waals surface area contributed by atoms with Crippen molar-refractivity contribution in [1.82, 2.24) is 20.1 Å². The predicted molar refractivity (Wildman–Crippen MR) is 101 cm³/mol. The lowest BCUT2D eigenvalue weighted by atomic mass is 9.92. The second-order valence-corrected chi connectivity index (χ2v) is 7.56. The molecule has 2 aliphatic rings. The van der Waals surface area contributed by atoms with E-state index in [9.17, 15) is 9.59 Å². The van der Waals surface area contributed by atoms with Crippen molar-refractivity contribution in [3.8, 4) is 0 Å². The number of benzene rings is 1. The average Bonchev–Trinajstić information content (AvgIpc) is 3.03. The third-order valence-electron chi connectivity index (χ3n) is 5.47. The first-order valence-electron chi connectivity index (χ1n) is 9.62. The minimum Gasteiger partial charge on any atom is -0.349 e. The Morgan fingerprint density at radius 1 is 1.26 bits per heavy atom. The van der Waals surface area contributed by atoms with E-state index < -0.39 is 5.92 Å². The van der Waals surface area contributed by atoms with E-state index in [1.54, 1.807) is 0 Å². The number of aryl methyl sites for hydroxylation is 3. The minimum absolute atomic E-state index is 0.106. The lowest BCUT2D eigenvalue weighted by Crippen LogP contribution is -2.28. The normalized spacial score (nSPS) is 18.4. The van der Waals surface area contributed by atoms with Gasteiger partial charge in [-0.2, -0.15) is 0 Å². The van der Waals surface area contributed by atoms with Gasteiger partial charge in [-0.15, -0.1) is 10.2 Å². The molecule has 0 spiro atoms. The molecular formula is C20H25N5O2. The molecule has 7 nitrogen and oxygen atoms in total. The highest BCUT2D eigenvalue weighted by Crippen LogP contribution is 2.37. The fourth-order valence-corrected chi connectivity index (χ4v) is 4.20. The molecule has 1 aromatic heterocycles. The van der Waals surface area contributed by atoms with Gasteiger partial charge in [0.1, 0.15) is 5.82 Å². The molecule has 27 heavy (non-hydrogen) atoms. The van der Waals surface area contributed by atoms with Gasteiger partial charge in [0.05, 0.1) is 12.5 Å². The summed E-state index contributed by atoms with van der Waals surface area (Å²) in [5.41, 5.74) is 3.92. The van der Waals surface area contributed by atoms with Crippen molar-refractivity contribution in [3.63, 3.8) is 0 Å². The van der Waals surface area contributed by atoms with Gasteiger partial charge in [-0.3, -0.25) is 9.59 Å².